The Morgan fingerprint density at radius 1 is 1.50 bits per heavy atom. The Balaban J connectivity index is 2.98. The van der Waals surface area contributed by atoms with Crippen LogP contribution in [0.1, 0.15) is 25.8 Å². The lowest BCUT2D eigenvalue weighted by Gasteiger charge is -2.30. The molecule has 16 heavy (non-hydrogen) atoms. The third kappa shape index (κ3) is 2.89. The van der Waals surface area contributed by atoms with Crippen LogP contribution in [0.15, 0.2) is 0 Å². The van der Waals surface area contributed by atoms with Crippen LogP contribution in [0.3, 0.4) is 0 Å². The lowest BCUT2D eigenvalue weighted by Crippen LogP contribution is -2.45. The molecule has 1 N–H and O–H groups in total. The van der Waals surface area contributed by atoms with E-state index in [1.807, 2.05) is 0 Å². The second kappa shape index (κ2) is 4.75. The molecule has 0 aromatic carbocycles. The summed E-state index contributed by atoms with van der Waals surface area (Å²) >= 11 is 1.22. The SMILES string of the molecule is COCc1nnc(N(C(=O)O)C(C)(C)C)s1. The Morgan fingerprint density at radius 2 is 2.12 bits per heavy atom. The number of rotatable bonds is 3. The number of ether oxygens (including phenoxy) is 1. The molecule has 0 aliphatic rings. The molecule has 1 heterocycles. The van der Waals surface area contributed by atoms with E-state index in [-0.39, 0.29) is 0 Å². The van der Waals surface area contributed by atoms with Crippen molar-refractivity contribution in [2.24, 2.45) is 0 Å². The van der Waals surface area contributed by atoms with Gasteiger partial charge in [-0.15, -0.1) is 10.2 Å². The molecule has 0 saturated heterocycles. The van der Waals surface area contributed by atoms with Gasteiger partial charge < -0.3 is 9.84 Å². The van der Waals surface area contributed by atoms with Crippen LogP contribution in [-0.4, -0.2) is 34.0 Å². The normalized spacial score (nSPS) is 11.5. The summed E-state index contributed by atoms with van der Waals surface area (Å²) in [4.78, 5) is 12.3. The molecule has 0 fully saturated rings. The zero-order valence-electron chi connectivity index (χ0n) is 9.72. The van der Waals surface area contributed by atoms with E-state index in [1.54, 1.807) is 27.9 Å². The topological polar surface area (TPSA) is 75.6 Å². The first-order chi connectivity index (χ1) is 7.36. The Labute approximate surface area is 97.9 Å². The molecule has 0 aliphatic heterocycles. The molecule has 0 spiro atoms. The zero-order chi connectivity index (χ0) is 12.3. The second-order valence-electron chi connectivity index (χ2n) is 4.20. The van der Waals surface area contributed by atoms with Gasteiger partial charge >= 0.3 is 6.09 Å². The van der Waals surface area contributed by atoms with Crippen molar-refractivity contribution in [2.45, 2.75) is 32.9 Å². The molecule has 1 amide bonds. The van der Waals surface area contributed by atoms with Crippen LogP contribution in [-0.2, 0) is 11.3 Å². The van der Waals surface area contributed by atoms with Gasteiger partial charge in [0, 0.05) is 12.6 Å². The summed E-state index contributed by atoms with van der Waals surface area (Å²) in [6.45, 7) is 5.75. The Kier molecular flexibility index (Phi) is 3.82. The van der Waals surface area contributed by atoms with Gasteiger partial charge in [0.15, 0.2) is 0 Å². The van der Waals surface area contributed by atoms with Gasteiger partial charge in [-0.2, -0.15) is 0 Å². The lowest BCUT2D eigenvalue weighted by atomic mass is 10.1. The van der Waals surface area contributed by atoms with Crippen molar-refractivity contribution < 1.29 is 14.6 Å². The number of methoxy groups -OCH3 is 1. The first-order valence-corrected chi connectivity index (χ1v) is 5.52. The molecule has 1 rings (SSSR count). The Morgan fingerprint density at radius 3 is 2.56 bits per heavy atom. The maximum Gasteiger partial charge on any atom is 0.414 e. The summed E-state index contributed by atoms with van der Waals surface area (Å²) in [6.07, 6.45) is -1.03. The number of aromatic nitrogens is 2. The van der Waals surface area contributed by atoms with Crippen LogP contribution >= 0.6 is 11.3 Å². The second-order valence-corrected chi connectivity index (χ2v) is 5.24. The minimum atomic E-state index is -1.03. The van der Waals surface area contributed by atoms with Crippen LogP contribution in [0.5, 0.6) is 0 Å². The van der Waals surface area contributed by atoms with E-state index in [0.717, 1.165) is 0 Å². The van der Waals surface area contributed by atoms with E-state index in [0.29, 0.717) is 16.7 Å². The molecule has 1 aromatic rings. The predicted molar refractivity (Wildman–Crippen MR) is 60.9 cm³/mol. The number of nitrogens with zero attached hydrogens (tertiary/aromatic N) is 3. The molecule has 0 saturated carbocycles. The van der Waals surface area contributed by atoms with Crippen molar-refractivity contribution in [3.63, 3.8) is 0 Å². The molecule has 0 unspecified atom stereocenters. The highest BCUT2D eigenvalue weighted by atomic mass is 32.1. The van der Waals surface area contributed by atoms with Crippen LogP contribution < -0.4 is 4.90 Å². The summed E-state index contributed by atoms with van der Waals surface area (Å²) in [5, 5.41) is 17.9. The maximum absolute atomic E-state index is 11.1. The first-order valence-electron chi connectivity index (χ1n) is 4.70. The van der Waals surface area contributed by atoms with Gasteiger partial charge in [-0.3, -0.25) is 0 Å². The number of hydrogen-bond acceptors (Lipinski definition) is 5. The number of carboxylic acid groups (broad SMARTS) is 1. The fraction of sp³-hybridized carbons (Fsp3) is 0.667. The molecule has 0 bridgehead atoms. The number of anilines is 1. The van der Waals surface area contributed by atoms with E-state index in [2.05, 4.69) is 10.2 Å². The molecular formula is C9H15N3O3S. The molecule has 6 nitrogen and oxygen atoms in total. The van der Waals surface area contributed by atoms with Gasteiger partial charge in [0.25, 0.3) is 0 Å². The van der Waals surface area contributed by atoms with Crippen LogP contribution in [0, 0.1) is 0 Å². The summed E-state index contributed by atoms with van der Waals surface area (Å²) in [7, 11) is 1.56. The zero-order valence-corrected chi connectivity index (χ0v) is 10.5. The molecule has 7 heteroatoms. The van der Waals surface area contributed by atoms with Gasteiger partial charge in [0.05, 0.1) is 0 Å². The average molecular weight is 245 g/mol. The van der Waals surface area contributed by atoms with Crippen molar-refractivity contribution in [1.29, 1.82) is 0 Å². The van der Waals surface area contributed by atoms with E-state index in [9.17, 15) is 4.79 Å². The predicted octanol–water partition coefficient (Wildman–Crippen LogP) is 1.97. The fourth-order valence-electron chi connectivity index (χ4n) is 1.17. The van der Waals surface area contributed by atoms with Crippen molar-refractivity contribution in [3.05, 3.63) is 5.01 Å². The van der Waals surface area contributed by atoms with Crippen molar-refractivity contribution >= 4 is 22.6 Å². The number of hydrogen-bond donors (Lipinski definition) is 1. The highest BCUT2D eigenvalue weighted by molar-refractivity contribution is 7.15. The number of amides is 1. The molecule has 1 aromatic heterocycles. The van der Waals surface area contributed by atoms with E-state index in [1.165, 1.54) is 16.2 Å². The van der Waals surface area contributed by atoms with Gasteiger partial charge in [-0.05, 0) is 20.8 Å². The summed E-state index contributed by atoms with van der Waals surface area (Å²) in [5.74, 6) is 0. The minimum absolute atomic E-state index is 0.343. The molecule has 0 aliphatic carbocycles. The monoisotopic (exact) mass is 245 g/mol. The van der Waals surface area contributed by atoms with Crippen LogP contribution in [0.2, 0.25) is 0 Å². The molecule has 0 atom stereocenters. The molecule has 0 radical (unpaired) electrons. The first kappa shape index (κ1) is 12.9. The van der Waals surface area contributed by atoms with Crippen molar-refractivity contribution in [1.82, 2.24) is 10.2 Å². The maximum atomic E-state index is 11.1. The van der Waals surface area contributed by atoms with Crippen molar-refractivity contribution in [3.8, 4) is 0 Å². The van der Waals surface area contributed by atoms with Crippen LogP contribution in [0.25, 0.3) is 0 Å². The summed E-state index contributed by atoms with van der Waals surface area (Å²) in [5.41, 5.74) is -0.546. The van der Waals surface area contributed by atoms with E-state index < -0.39 is 11.6 Å². The van der Waals surface area contributed by atoms with E-state index >= 15 is 0 Å². The Hall–Kier alpha value is -1.21. The fourth-order valence-corrected chi connectivity index (χ4v) is 2.17. The van der Waals surface area contributed by atoms with Gasteiger partial charge in [0.1, 0.15) is 11.6 Å². The highest BCUT2D eigenvalue weighted by Gasteiger charge is 2.30. The lowest BCUT2D eigenvalue weighted by molar-refractivity contribution is 0.184. The summed E-state index contributed by atoms with van der Waals surface area (Å²) < 4.78 is 4.91. The third-order valence-electron chi connectivity index (χ3n) is 1.78. The standard InChI is InChI=1S/C9H15N3O3S/c1-9(2,3)12(8(13)14)7-11-10-6(16-7)5-15-4/h5H2,1-4H3,(H,13,14). The third-order valence-corrected chi connectivity index (χ3v) is 2.66. The largest absolute Gasteiger partial charge is 0.465 e. The molecular weight excluding hydrogens is 230 g/mol. The number of carbonyl (C=O) groups is 1. The van der Waals surface area contributed by atoms with Gasteiger partial charge in [-0.25, -0.2) is 9.69 Å². The van der Waals surface area contributed by atoms with Gasteiger partial charge in [0.2, 0.25) is 5.13 Å². The smallest absolute Gasteiger partial charge is 0.414 e. The molecule has 90 valence electrons. The highest BCUT2D eigenvalue weighted by Crippen LogP contribution is 2.27. The van der Waals surface area contributed by atoms with Crippen LogP contribution in [0.4, 0.5) is 9.93 Å². The van der Waals surface area contributed by atoms with Crippen molar-refractivity contribution in [2.75, 3.05) is 12.0 Å². The Bertz CT molecular complexity index is 372. The van der Waals surface area contributed by atoms with E-state index in [4.69, 9.17) is 9.84 Å². The van der Waals surface area contributed by atoms with Gasteiger partial charge in [-0.1, -0.05) is 11.3 Å². The summed E-state index contributed by atoms with van der Waals surface area (Å²) in [6, 6.07) is 0. The minimum Gasteiger partial charge on any atom is -0.465 e. The quantitative estimate of drug-likeness (QED) is 0.881. The average Bonchev–Trinajstić information content (AvgIpc) is 2.50.